The van der Waals surface area contributed by atoms with Crippen LogP contribution < -0.4 is 14.4 Å². The van der Waals surface area contributed by atoms with Crippen molar-refractivity contribution in [1.82, 2.24) is 9.88 Å². The first-order valence-corrected chi connectivity index (χ1v) is 17.4. The minimum atomic E-state index is -0.532. The van der Waals surface area contributed by atoms with Crippen molar-refractivity contribution in [1.29, 1.82) is 0 Å². The standard InChI is InChI=1S/C36H49N3O5S.CH4O.H2O/c1-24-10-9-11-28(30-23-45-33(37-30)38-15-12-25(13-16-38)22-43-35(2,3)4)32(24)42-21-26-18-27-14-17-39(34(40)44-36(5,6)7)20-29(27)31(19-26)41-8;1-2;/h9-11,18-19,23,25H,12-17,20-22H2,1-8H3;2H,1H3;1H2. The smallest absolute Gasteiger partial charge is 0.410 e. The van der Waals surface area contributed by atoms with Crippen LogP contribution in [0.25, 0.3) is 11.3 Å². The Balaban J connectivity index is 0.00000204. The first-order chi connectivity index (χ1) is 22.3. The second-order valence-corrected chi connectivity index (χ2v) is 15.0. The number of benzene rings is 2. The van der Waals surface area contributed by atoms with Crippen LogP contribution in [0.15, 0.2) is 35.7 Å². The molecule has 0 spiro atoms. The molecule has 266 valence electrons. The summed E-state index contributed by atoms with van der Waals surface area (Å²) in [6.07, 6.45) is 2.67. The number of thiazole rings is 1. The van der Waals surface area contributed by atoms with E-state index in [0.29, 0.717) is 25.6 Å². The van der Waals surface area contributed by atoms with E-state index in [0.717, 1.165) is 90.6 Å². The molecule has 1 amide bonds. The number of ether oxygens (including phenoxy) is 4. The molecular formula is C37H55N3O7S. The zero-order chi connectivity index (χ0) is 34.4. The Bertz CT molecular complexity index is 1470. The van der Waals surface area contributed by atoms with Crippen LogP contribution >= 0.6 is 11.3 Å². The van der Waals surface area contributed by atoms with Crippen molar-refractivity contribution in [3.8, 4) is 22.8 Å². The predicted octanol–water partition coefficient (Wildman–Crippen LogP) is 6.81. The summed E-state index contributed by atoms with van der Waals surface area (Å²) in [5.74, 6) is 2.21. The van der Waals surface area contributed by atoms with Gasteiger partial charge >= 0.3 is 6.09 Å². The molecule has 0 radical (unpaired) electrons. The molecule has 1 aromatic heterocycles. The number of hydrogen-bond donors (Lipinski definition) is 1. The first-order valence-electron chi connectivity index (χ1n) is 16.5. The van der Waals surface area contributed by atoms with Crippen molar-refractivity contribution >= 4 is 22.6 Å². The number of hydrogen-bond acceptors (Lipinski definition) is 9. The van der Waals surface area contributed by atoms with Gasteiger partial charge in [0.05, 0.1) is 31.6 Å². The molecule has 2 aromatic carbocycles. The molecule has 0 saturated carbocycles. The second kappa shape index (κ2) is 16.8. The fraction of sp³-hybridized carbons (Fsp3) is 0.568. The molecule has 10 nitrogen and oxygen atoms in total. The number of aliphatic hydroxyl groups is 1. The number of aromatic nitrogens is 1. The molecule has 5 rings (SSSR count). The van der Waals surface area contributed by atoms with Crippen LogP contribution in [0.1, 0.15) is 76.6 Å². The van der Waals surface area contributed by atoms with Gasteiger partial charge in [-0.2, -0.15) is 0 Å². The van der Waals surface area contributed by atoms with Crippen molar-refractivity contribution in [2.75, 3.05) is 45.4 Å². The van der Waals surface area contributed by atoms with E-state index < -0.39 is 5.60 Å². The molecule has 1 saturated heterocycles. The van der Waals surface area contributed by atoms with E-state index >= 15 is 0 Å². The Morgan fingerprint density at radius 2 is 1.75 bits per heavy atom. The van der Waals surface area contributed by atoms with Gasteiger partial charge in [-0.1, -0.05) is 18.2 Å². The van der Waals surface area contributed by atoms with Gasteiger partial charge in [-0.25, -0.2) is 9.78 Å². The number of aliphatic hydroxyl groups excluding tert-OH is 1. The Labute approximate surface area is 290 Å². The van der Waals surface area contributed by atoms with E-state index in [4.69, 9.17) is 29.0 Å². The van der Waals surface area contributed by atoms with E-state index in [1.165, 1.54) is 5.56 Å². The van der Waals surface area contributed by atoms with Crippen LogP contribution in [0.3, 0.4) is 0 Å². The summed E-state index contributed by atoms with van der Waals surface area (Å²) in [7, 11) is 2.67. The van der Waals surface area contributed by atoms with Gasteiger partial charge in [0.15, 0.2) is 5.13 Å². The third-order valence-electron chi connectivity index (χ3n) is 8.23. The molecule has 0 atom stereocenters. The van der Waals surface area contributed by atoms with Crippen LogP contribution in [0.5, 0.6) is 11.5 Å². The molecule has 1 fully saturated rings. The van der Waals surface area contributed by atoms with Gasteiger partial charge in [-0.3, -0.25) is 0 Å². The van der Waals surface area contributed by atoms with E-state index in [9.17, 15) is 4.79 Å². The second-order valence-electron chi connectivity index (χ2n) is 14.2. The Hall–Kier alpha value is -3.38. The minimum absolute atomic E-state index is 0. The average Bonchev–Trinajstić information content (AvgIpc) is 3.53. The molecular weight excluding hydrogens is 630 g/mol. The van der Waals surface area contributed by atoms with Crippen LogP contribution in [-0.2, 0) is 29.0 Å². The SMILES string of the molecule is CO.COc1cc(COc2c(C)cccc2-c2csc(N3CCC(COC(C)(C)C)CC3)n2)cc2c1CN(C(=O)OC(C)(C)C)CC2.O. The normalized spacial score (nSPS) is 15.1. The van der Waals surface area contributed by atoms with Gasteiger partial charge in [0.25, 0.3) is 0 Å². The van der Waals surface area contributed by atoms with Crippen LogP contribution in [-0.4, -0.2) is 78.2 Å². The van der Waals surface area contributed by atoms with Gasteiger partial charge in [0, 0.05) is 43.3 Å². The quantitative estimate of drug-likeness (QED) is 0.274. The van der Waals surface area contributed by atoms with Gasteiger partial charge in [0.2, 0.25) is 0 Å². The summed E-state index contributed by atoms with van der Waals surface area (Å²) < 4.78 is 24.0. The third-order valence-corrected chi connectivity index (χ3v) is 9.13. The molecule has 3 heterocycles. The lowest BCUT2D eigenvalue weighted by Gasteiger charge is -2.33. The Morgan fingerprint density at radius 1 is 1.04 bits per heavy atom. The van der Waals surface area contributed by atoms with Crippen molar-refractivity contribution in [2.24, 2.45) is 5.92 Å². The highest BCUT2D eigenvalue weighted by Gasteiger charge is 2.28. The largest absolute Gasteiger partial charge is 0.496 e. The number of fused-ring (bicyclic) bond motifs is 1. The molecule has 3 N–H and O–H groups in total. The lowest BCUT2D eigenvalue weighted by molar-refractivity contribution is -0.0257. The van der Waals surface area contributed by atoms with E-state index in [2.05, 4.69) is 62.2 Å². The number of para-hydroxylation sites is 1. The molecule has 2 aliphatic rings. The number of aryl methyl sites for hydroxylation is 1. The van der Waals surface area contributed by atoms with Gasteiger partial charge in [-0.15, -0.1) is 11.3 Å². The maximum atomic E-state index is 12.7. The summed E-state index contributed by atoms with van der Waals surface area (Å²) in [6, 6.07) is 10.4. The fourth-order valence-corrected chi connectivity index (χ4v) is 6.71. The molecule has 2 aliphatic heterocycles. The number of piperidine rings is 1. The predicted molar refractivity (Wildman–Crippen MR) is 192 cm³/mol. The molecule has 48 heavy (non-hydrogen) atoms. The number of methoxy groups -OCH3 is 1. The van der Waals surface area contributed by atoms with Crippen molar-refractivity contribution in [3.63, 3.8) is 0 Å². The summed E-state index contributed by atoms with van der Waals surface area (Å²) in [6.45, 7) is 18.4. The summed E-state index contributed by atoms with van der Waals surface area (Å²) in [5.41, 5.74) is 5.62. The third kappa shape index (κ3) is 10.3. The van der Waals surface area contributed by atoms with Crippen LogP contribution in [0.4, 0.5) is 9.93 Å². The maximum absolute atomic E-state index is 12.7. The number of nitrogens with zero attached hydrogens (tertiary/aromatic N) is 3. The van der Waals surface area contributed by atoms with Gasteiger partial charge in [-0.05, 0) is 102 Å². The number of carbonyl (C=O) groups is 1. The van der Waals surface area contributed by atoms with E-state index in [-0.39, 0.29) is 17.2 Å². The summed E-state index contributed by atoms with van der Waals surface area (Å²) in [4.78, 5) is 21.9. The highest BCUT2D eigenvalue weighted by Crippen LogP contribution is 2.38. The highest BCUT2D eigenvalue weighted by atomic mass is 32.1. The lowest BCUT2D eigenvalue weighted by Crippen LogP contribution is -2.40. The Morgan fingerprint density at radius 3 is 2.40 bits per heavy atom. The van der Waals surface area contributed by atoms with E-state index in [1.807, 2.05) is 26.8 Å². The number of carbonyl (C=O) groups excluding carboxylic acids is 1. The lowest BCUT2D eigenvalue weighted by atomic mass is 9.96. The number of rotatable bonds is 8. The summed E-state index contributed by atoms with van der Waals surface area (Å²) in [5, 5.41) is 10.2. The molecule has 11 heteroatoms. The van der Waals surface area contributed by atoms with Crippen molar-refractivity contribution in [2.45, 2.75) is 92.1 Å². The highest BCUT2D eigenvalue weighted by molar-refractivity contribution is 7.14. The number of anilines is 1. The molecule has 3 aromatic rings. The molecule has 0 unspecified atom stereocenters. The first kappa shape index (κ1) is 39.1. The van der Waals surface area contributed by atoms with Crippen molar-refractivity contribution < 1.29 is 34.3 Å². The summed E-state index contributed by atoms with van der Waals surface area (Å²) >= 11 is 1.70. The average molecular weight is 686 g/mol. The zero-order valence-electron chi connectivity index (χ0n) is 30.1. The maximum Gasteiger partial charge on any atom is 0.410 e. The fourth-order valence-electron chi connectivity index (χ4n) is 5.84. The van der Waals surface area contributed by atoms with Crippen LogP contribution in [0, 0.1) is 12.8 Å². The minimum Gasteiger partial charge on any atom is -0.496 e. The Kier molecular flexibility index (Phi) is 13.7. The topological polar surface area (TPSA) is 125 Å². The zero-order valence-corrected chi connectivity index (χ0v) is 31.0. The van der Waals surface area contributed by atoms with Crippen molar-refractivity contribution in [3.05, 3.63) is 58.0 Å². The van der Waals surface area contributed by atoms with Gasteiger partial charge in [0.1, 0.15) is 23.7 Å². The monoisotopic (exact) mass is 685 g/mol. The molecule has 0 bridgehead atoms. The van der Waals surface area contributed by atoms with E-state index in [1.54, 1.807) is 23.3 Å². The number of amides is 1. The van der Waals surface area contributed by atoms with Gasteiger partial charge < -0.3 is 39.3 Å². The van der Waals surface area contributed by atoms with Crippen LogP contribution in [0.2, 0.25) is 0 Å². The molecule has 0 aliphatic carbocycles.